The smallest absolute Gasteiger partial charge is 0.177 e. The van der Waals surface area contributed by atoms with Gasteiger partial charge in [0.25, 0.3) is 0 Å². The van der Waals surface area contributed by atoms with Gasteiger partial charge in [-0.25, -0.2) is 0 Å². The second kappa shape index (κ2) is 5.37. The van der Waals surface area contributed by atoms with Gasteiger partial charge in [0.05, 0.1) is 12.2 Å². The molecule has 0 unspecified atom stereocenters. The highest BCUT2D eigenvalue weighted by Crippen LogP contribution is 2.18. The van der Waals surface area contributed by atoms with E-state index < -0.39 is 6.10 Å². The van der Waals surface area contributed by atoms with Crippen molar-refractivity contribution in [2.45, 2.75) is 44.7 Å². The highest BCUT2D eigenvalue weighted by molar-refractivity contribution is 4.99. The van der Waals surface area contributed by atoms with Gasteiger partial charge in [0.2, 0.25) is 0 Å². The van der Waals surface area contributed by atoms with Gasteiger partial charge in [0.15, 0.2) is 6.29 Å². The Morgan fingerprint density at radius 1 is 1.46 bits per heavy atom. The SMILES string of the molecule is CCCC[C@H]1O[C@H](OC)C=C[C@H]1O. The quantitative estimate of drug-likeness (QED) is 0.676. The molecular weight excluding hydrogens is 168 g/mol. The van der Waals surface area contributed by atoms with Crippen LogP contribution in [0.5, 0.6) is 0 Å². The van der Waals surface area contributed by atoms with Crippen LogP contribution in [0.4, 0.5) is 0 Å². The highest BCUT2D eigenvalue weighted by atomic mass is 16.7. The maximum absolute atomic E-state index is 9.54. The Bertz CT molecular complexity index is 168. The van der Waals surface area contributed by atoms with E-state index in [0.717, 1.165) is 19.3 Å². The molecule has 0 amide bonds. The zero-order valence-electron chi connectivity index (χ0n) is 8.27. The summed E-state index contributed by atoms with van der Waals surface area (Å²) < 4.78 is 10.5. The van der Waals surface area contributed by atoms with Crippen LogP contribution < -0.4 is 0 Å². The Morgan fingerprint density at radius 3 is 2.85 bits per heavy atom. The summed E-state index contributed by atoms with van der Waals surface area (Å²) >= 11 is 0. The van der Waals surface area contributed by atoms with Crippen LogP contribution in [0.3, 0.4) is 0 Å². The van der Waals surface area contributed by atoms with E-state index in [-0.39, 0.29) is 12.4 Å². The second-order valence-electron chi connectivity index (χ2n) is 3.30. The Morgan fingerprint density at radius 2 is 2.23 bits per heavy atom. The van der Waals surface area contributed by atoms with Gasteiger partial charge in [-0.3, -0.25) is 0 Å². The van der Waals surface area contributed by atoms with E-state index in [9.17, 15) is 5.11 Å². The maximum atomic E-state index is 9.54. The summed E-state index contributed by atoms with van der Waals surface area (Å²) in [5.74, 6) is 0. The summed E-state index contributed by atoms with van der Waals surface area (Å²) in [5, 5.41) is 9.54. The van der Waals surface area contributed by atoms with Crippen LogP contribution in [0.25, 0.3) is 0 Å². The van der Waals surface area contributed by atoms with Gasteiger partial charge >= 0.3 is 0 Å². The fourth-order valence-corrected chi connectivity index (χ4v) is 1.40. The Labute approximate surface area is 79.3 Å². The zero-order chi connectivity index (χ0) is 9.68. The van der Waals surface area contributed by atoms with E-state index in [0.29, 0.717) is 0 Å². The van der Waals surface area contributed by atoms with Gasteiger partial charge in [-0.05, 0) is 12.5 Å². The molecule has 0 spiro atoms. The van der Waals surface area contributed by atoms with Crippen LogP contribution in [0.2, 0.25) is 0 Å². The molecule has 1 aliphatic rings. The van der Waals surface area contributed by atoms with E-state index in [1.165, 1.54) is 0 Å². The van der Waals surface area contributed by atoms with Gasteiger partial charge in [0, 0.05) is 7.11 Å². The van der Waals surface area contributed by atoms with Crippen LogP contribution in [-0.4, -0.2) is 30.7 Å². The molecule has 3 atom stereocenters. The van der Waals surface area contributed by atoms with Crippen molar-refractivity contribution in [2.24, 2.45) is 0 Å². The van der Waals surface area contributed by atoms with Crippen molar-refractivity contribution in [3.05, 3.63) is 12.2 Å². The minimum atomic E-state index is -0.474. The first kappa shape index (κ1) is 10.7. The van der Waals surface area contributed by atoms with Crippen LogP contribution in [-0.2, 0) is 9.47 Å². The Hall–Kier alpha value is -0.380. The predicted molar refractivity (Wildman–Crippen MR) is 50.3 cm³/mol. The fraction of sp³-hybridized carbons (Fsp3) is 0.800. The molecule has 0 bridgehead atoms. The van der Waals surface area contributed by atoms with Gasteiger partial charge in [-0.1, -0.05) is 25.8 Å². The Kier molecular flexibility index (Phi) is 4.42. The monoisotopic (exact) mass is 186 g/mol. The molecule has 0 aromatic heterocycles. The van der Waals surface area contributed by atoms with Crippen molar-refractivity contribution < 1.29 is 14.6 Å². The van der Waals surface area contributed by atoms with E-state index in [1.54, 1.807) is 19.3 Å². The van der Waals surface area contributed by atoms with Gasteiger partial charge in [-0.2, -0.15) is 0 Å². The lowest BCUT2D eigenvalue weighted by atomic mass is 10.0. The number of unbranched alkanes of at least 4 members (excludes halogenated alkanes) is 1. The maximum Gasteiger partial charge on any atom is 0.177 e. The van der Waals surface area contributed by atoms with Crippen molar-refractivity contribution in [2.75, 3.05) is 7.11 Å². The second-order valence-corrected chi connectivity index (χ2v) is 3.30. The zero-order valence-corrected chi connectivity index (χ0v) is 8.27. The van der Waals surface area contributed by atoms with E-state index in [2.05, 4.69) is 6.92 Å². The van der Waals surface area contributed by atoms with Gasteiger partial charge < -0.3 is 14.6 Å². The predicted octanol–water partition coefficient (Wildman–Crippen LogP) is 1.46. The first-order valence-corrected chi connectivity index (χ1v) is 4.82. The molecule has 3 heteroatoms. The molecule has 13 heavy (non-hydrogen) atoms. The lowest BCUT2D eigenvalue weighted by Gasteiger charge is -2.28. The number of aliphatic hydroxyl groups excluding tert-OH is 1. The average Bonchev–Trinajstić information content (AvgIpc) is 2.17. The summed E-state index contributed by atoms with van der Waals surface area (Å²) in [5.41, 5.74) is 0. The number of methoxy groups -OCH3 is 1. The summed E-state index contributed by atoms with van der Waals surface area (Å²) in [6.07, 6.45) is 5.71. The normalized spacial score (nSPS) is 33.6. The summed E-state index contributed by atoms with van der Waals surface area (Å²) in [6.45, 7) is 2.12. The first-order valence-electron chi connectivity index (χ1n) is 4.82. The van der Waals surface area contributed by atoms with E-state index >= 15 is 0 Å². The van der Waals surface area contributed by atoms with Gasteiger partial charge in [0.1, 0.15) is 0 Å². The first-order chi connectivity index (χ1) is 6.27. The fourth-order valence-electron chi connectivity index (χ4n) is 1.40. The van der Waals surface area contributed by atoms with E-state index in [1.807, 2.05) is 0 Å². The molecule has 0 fully saturated rings. The highest BCUT2D eigenvalue weighted by Gasteiger charge is 2.24. The van der Waals surface area contributed by atoms with Crippen molar-refractivity contribution in [1.82, 2.24) is 0 Å². The summed E-state index contributed by atoms with van der Waals surface area (Å²) in [4.78, 5) is 0. The molecule has 0 aromatic rings. The van der Waals surface area contributed by atoms with Crippen molar-refractivity contribution in [3.63, 3.8) is 0 Å². The number of aliphatic hydroxyl groups is 1. The molecule has 0 saturated heterocycles. The van der Waals surface area contributed by atoms with Gasteiger partial charge in [-0.15, -0.1) is 0 Å². The standard InChI is InChI=1S/C10H18O3/c1-3-4-5-9-8(11)6-7-10(12-2)13-9/h6-11H,3-5H2,1-2H3/t8-,9-,10+/m1/s1. The van der Waals surface area contributed by atoms with Crippen LogP contribution >= 0.6 is 0 Å². The molecule has 3 nitrogen and oxygen atoms in total. The largest absolute Gasteiger partial charge is 0.386 e. The molecular formula is C10H18O3. The topological polar surface area (TPSA) is 38.7 Å². The number of hydrogen-bond acceptors (Lipinski definition) is 3. The molecule has 0 radical (unpaired) electrons. The molecule has 0 aliphatic carbocycles. The van der Waals surface area contributed by atoms with Crippen LogP contribution in [0, 0.1) is 0 Å². The molecule has 0 saturated carbocycles. The van der Waals surface area contributed by atoms with Crippen molar-refractivity contribution in [1.29, 1.82) is 0 Å². The molecule has 1 aliphatic heterocycles. The minimum absolute atomic E-state index is 0.102. The molecule has 1 heterocycles. The average molecular weight is 186 g/mol. The third-order valence-electron chi connectivity index (χ3n) is 2.23. The molecule has 0 aromatic carbocycles. The summed E-state index contributed by atoms with van der Waals surface area (Å²) in [6, 6.07) is 0. The summed E-state index contributed by atoms with van der Waals surface area (Å²) in [7, 11) is 1.60. The van der Waals surface area contributed by atoms with Crippen molar-refractivity contribution >= 4 is 0 Å². The third kappa shape index (κ3) is 3.10. The minimum Gasteiger partial charge on any atom is -0.386 e. The molecule has 76 valence electrons. The van der Waals surface area contributed by atoms with Crippen LogP contribution in [0.1, 0.15) is 26.2 Å². The van der Waals surface area contributed by atoms with Crippen LogP contribution in [0.15, 0.2) is 12.2 Å². The number of hydrogen-bond donors (Lipinski definition) is 1. The molecule has 1 N–H and O–H groups in total. The van der Waals surface area contributed by atoms with E-state index in [4.69, 9.17) is 9.47 Å². The molecule has 1 rings (SSSR count). The lowest BCUT2D eigenvalue weighted by Crippen LogP contribution is -2.35. The van der Waals surface area contributed by atoms with Crippen molar-refractivity contribution in [3.8, 4) is 0 Å². The third-order valence-corrected chi connectivity index (χ3v) is 2.23. The Balaban J connectivity index is 2.40. The number of ether oxygens (including phenoxy) is 2. The lowest BCUT2D eigenvalue weighted by molar-refractivity contribution is -0.159. The number of rotatable bonds is 4.